The molecule has 0 aliphatic heterocycles. The van der Waals surface area contributed by atoms with Crippen LogP contribution in [0.5, 0.6) is 5.75 Å². The molecule has 7 nitrogen and oxygen atoms in total. The van der Waals surface area contributed by atoms with Crippen molar-refractivity contribution in [1.29, 1.82) is 5.41 Å². The summed E-state index contributed by atoms with van der Waals surface area (Å²) >= 11 is 0. The monoisotopic (exact) mass is 392 g/mol. The molecule has 2 aromatic rings. The van der Waals surface area contributed by atoms with Gasteiger partial charge in [0.15, 0.2) is 6.04 Å². The Morgan fingerprint density at radius 3 is 2.41 bits per heavy atom. The van der Waals surface area contributed by atoms with Gasteiger partial charge in [-0.05, 0) is 48.9 Å². The number of carbonyl (C=O) groups is 1. The summed E-state index contributed by atoms with van der Waals surface area (Å²) in [5.74, 6) is 0.297. The van der Waals surface area contributed by atoms with Crippen molar-refractivity contribution in [2.45, 2.75) is 13.0 Å². The second kappa shape index (κ2) is 10.3. The first kappa shape index (κ1) is 22.1. The van der Waals surface area contributed by atoms with E-state index >= 15 is 0 Å². The number of rotatable bonds is 8. The van der Waals surface area contributed by atoms with E-state index in [9.17, 15) is 4.79 Å². The summed E-state index contributed by atoms with van der Waals surface area (Å²) in [7, 11) is 3.14. The molecule has 0 saturated heterocycles. The average Bonchev–Trinajstić information content (AvgIpc) is 2.66. The smallest absolute Gasteiger partial charge is 0.332 e. The molecule has 1 atom stereocenters. The van der Waals surface area contributed by atoms with E-state index in [2.05, 4.69) is 10.6 Å². The highest BCUT2D eigenvalue weighted by Crippen LogP contribution is 2.30. The van der Waals surface area contributed by atoms with E-state index in [0.717, 1.165) is 11.3 Å². The molecule has 0 bridgehead atoms. The van der Waals surface area contributed by atoms with Crippen molar-refractivity contribution < 1.29 is 14.3 Å². The summed E-state index contributed by atoms with van der Waals surface area (Å²) in [6.45, 7) is 2.46. The number of benzene rings is 2. The molecule has 8 heteroatoms. The van der Waals surface area contributed by atoms with Gasteiger partial charge in [-0.2, -0.15) is 0 Å². The number of ether oxygens (including phenoxy) is 2. The number of nitrogens with one attached hydrogen (secondary N) is 3. The van der Waals surface area contributed by atoms with E-state index in [4.69, 9.17) is 20.6 Å². The van der Waals surface area contributed by atoms with E-state index in [1.54, 1.807) is 31.3 Å². The lowest BCUT2D eigenvalue weighted by Crippen LogP contribution is -2.22. The average molecular weight is 393 g/mol. The van der Waals surface area contributed by atoms with Crippen LogP contribution in [0.1, 0.15) is 24.1 Å². The Bertz CT molecular complexity index is 781. The first-order valence-electron chi connectivity index (χ1n) is 8.23. The molecule has 0 aliphatic carbocycles. The molecular formula is C19H25ClN4O3. The molecule has 0 fully saturated rings. The number of nitrogens with two attached hydrogens (primary N) is 1. The number of carbonyl (C=O) groups excluding carboxylic acids is 1. The highest BCUT2D eigenvalue weighted by atomic mass is 35.5. The summed E-state index contributed by atoms with van der Waals surface area (Å²) in [4.78, 5) is 12.3. The standard InChI is InChI=1S/C19H24N4O3.ClH/c1-4-26-16-10-7-13(11-15(16)22-2)17(19(24)25-3)23-14-8-5-12(6-9-14)18(20)21;/h5-11,17,22-23H,4H2,1-3H3,(H3,20,21);1H. The van der Waals surface area contributed by atoms with Gasteiger partial charge >= 0.3 is 5.97 Å². The minimum absolute atomic E-state index is 0. The fraction of sp³-hybridized carbons (Fsp3) is 0.263. The number of esters is 1. The fourth-order valence-corrected chi connectivity index (χ4v) is 2.51. The predicted molar refractivity (Wildman–Crippen MR) is 110 cm³/mol. The Balaban J connectivity index is 0.00000364. The normalized spacial score (nSPS) is 10.9. The van der Waals surface area contributed by atoms with Crippen LogP contribution in [0.3, 0.4) is 0 Å². The molecular weight excluding hydrogens is 368 g/mol. The Morgan fingerprint density at radius 1 is 1.22 bits per heavy atom. The topological polar surface area (TPSA) is 109 Å². The minimum atomic E-state index is -0.689. The van der Waals surface area contributed by atoms with Crippen molar-refractivity contribution in [1.82, 2.24) is 0 Å². The number of nitrogen functional groups attached to an aromatic ring is 1. The summed E-state index contributed by atoms with van der Waals surface area (Å²) in [5.41, 5.74) is 8.31. The van der Waals surface area contributed by atoms with Crippen LogP contribution in [0, 0.1) is 5.41 Å². The van der Waals surface area contributed by atoms with E-state index in [1.807, 2.05) is 25.1 Å². The maximum Gasteiger partial charge on any atom is 0.332 e. The molecule has 0 aromatic heterocycles. The zero-order chi connectivity index (χ0) is 19.1. The first-order chi connectivity index (χ1) is 12.5. The number of amidine groups is 1. The molecule has 2 rings (SSSR count). The summed E-state index contributed by atoms with van der Waals surface area (Å²) in [5, 5.41) is 13.7. The van der Waals surface area contributed by atoms with Gasteiger partial charge in [-0.25, -0.2) is 4.79 Å². The maximum absolute atomic E-state index is 12.3. The lowest BCUT2D eigenvalue weighted by molar-refractivity contribution is -0.141. The number of halogens is 1. The van der Waals surface area contributed by atoms with Crippen LogP contribution >= 0.6 is 12.4 Å². The minimum Gasteiger partial charge on any atom is -0.492 e. The molecule has 0 radical (unpaired) electrons. The maximum atomic E-state index is 12.3. The Hall–Kier alpha value is -2.93. The van der Waals surface area contributed by atoms with Crippen molar-refractivity contribution in [3.05, 3.63) is 53.6 Å². The van der Waals surface area contributed by atoms with E-state index < -0.39 is 12.0 Å². The van der Waals surface area contributed by atoms with Crippen LogP contribution in [0.15, 0.2) is 42.5 Å². The van der Waals surface area contributed by atoms with Crippen LogP contribution in [0.4, 0.5) is 11.4 Å². The van der Waals surface area contributed by atoms with Crippen molar-refractivity contribution in [2.75, 3.05) is 31.4 Å². The lowest BCUT2D eigenvalue weighted by Gasteiger charge is -2.20. The number of anilines is 2. The number of methoxy groups -OCH3 is 1. The van der Waals surface area contributed by atoms with Gasteiger partial charge in [0.2, 0.25) is 0 Å². The van der Waals surface area contributed by atoms with Crippen LogP contribution in [-0.2, 0) is 9.53 Å². The third-order valence-electron chi connectivity index (χ3n) is 3.85. The van der Waals surface area contributed by atoms with Gasteiger partial charge in [0.05, 0.1) is 19.4 Å². The molecule has 0 saturated carbocycles. The second-order valence-electron chi connectivity index (χ2n) is 5.53. The Labute approximate surface area is 165 Å². The Kier molecular flexibility index (Phi) is 8.41. The molecule has 146 valence electrons. The Morgan fingerprint density at radius 2 is 1.89 bits per heavy atom. The summed E-state index contributed by atoms with van der Waals surface area (Å²) in [6.07, 6.45) is 0. The van der Waals surface area contributed by atoms with Gasteiger partial charge < -0.3 is 25.8 Å². The summed E-state index contributed by atoms with van der Waals surface area (Å²) in [6, 6.07) is 11.8. The summed E-state index contributed by atoms with van der Waals surface area (Å²) < 4.78 is 10.5. The highest BCUT2D eigenvalue weighted by Gasteiger charge is 2.22. The van der Waals surface area contributed by atoms with Gasteiger partial charge in [-0.3, -0.25) is 5.41 Å². The molecule has 0 heterocycles. The molecule has 27 heavy (non-hydrogen) atoms. The van der Waals surface area contributed by atoms with Crippen molar-refractivity contribution in [3.63, 3.8) is 0 Å². The number of hydrogen-bond acceptors (Lipinski definition) is 6. The van der Waals surface area contributed by atoms with Gasteiger partial charge in [-0.15, -0.1) is 12.4 Å². The van der Waals surface area contributed by atoms with Crippen LogP contribution in [0.25, 0.3) is 0 Å². The van der Waals surface area contributed by atoms with Gasteiger partial charge in [0.1, 0.15) is 11.6 Å². The lowest BCUT2D eigenvalue weighted by atomic mass is 10.0. The van der Waals surface area contributed by atoms with Crippen LogP contribution < -0.4 is 21.1 Å². The van der Waals surface area contributed by atoms with E-state index in [1.165, 1.54) is 7.11 Å². The molecule has 0 amide bonds. The molecule has 1 unspecified atom stereocenters. The SMILES string of the molecule is CCOc1ccc(C(Nc2ccc(C(=N)N)cc2)C(=O)OC)cc1NC.Cl. The third-order valence-corrected chi connectivity index (χ3v) is 3.85. The molecule has 0 spiro atoms. The van der Waals surface area contributed by atoms with E-state index in [0.29, 0.717) is 23.6 Å². The van der Waals surface area contributed by atoms with Gasteiger partial charge in [-0.1, -0.05) is 6.07 Å². The quantitative estimate of drug-likeness (QED) is 0.312. The predicted octanol–water partition coefficient (Wildman–Crippen LogP) is 3.16. The van der Waals surface area contributed by atoms with Crippen LogP contribution in [0.2, 0.25) is 0 Å². The van der Waals surface area contributed by atoms with Crippen molar-refractivity contribution in [3.8, 4) is 5.75 Å². The van der Waals surface area contributed by atoms with Gasteiger partial charge in [0.25, 0.3) is 0 Å². The zero-order valence-electron chi connectivity index (χ0n) is 15.5. The zero-order valence-corrected chi connectivity index (χ0v) is 16.4. The number of hydrogen-bond donors (Lipinski definition) is 4. The second-order valence-corrected chi connectivity index (χ2v) is 5.53. The third kappa shape index (κ3) is 5.52. The van der Waals surface area contributed by atoms with Crippen molar-refractivity contribution >= 4 is 35.6 Å². The molecule has 5 N–H and O–H groups in total. The fourth-order valence-electron chi connectivity index (χ4n) is 2.51. The molecule has 2 aromatic carbocycles. The van der Waals surface area contributed by atoms with Crippen LogP contribution in [-0.4, -0.2) is 32.6 Å². The largest absolute Gasteiger partial charge is 0.492 e. The van der Waals surface area contributed by atoms with Crippen molar-refractivity contribution in [2.24, 2.45) is 5.73 Å². The van der Waals surface area contributed by atoms with Gasteiger partial charge in [0, 0.05) is 18.3 Å². The molecule has 0 aliphatic rings. The highest BCUT2D eigenvalue weighted by molar-refractivity contribution is 5.95. The van der Waals surface area contributed by atoms with E-state index in [-0.39, 0.29) is 18.2 Å². The first-order valence-corrected chi connectivity index (χ1v) is 8.23.